The highest BCUT2D eigenvalue weighted by Crippen LogP contribution is 2.22. The van der Waals surface area contributed by atoms with E-state index in [0.717, 1.165) is 23.3 Å². The van der Waals surface area contributed by atoms with Crippen LogP contribution >= 0.6 is 23.4 Å². The highest BCUT2D eigenvalue weighted by atomic mass is 35.5. The second kappa shape index (κ2) is 12.5. The minimum Gasteiger partial charge on any atom is -0.497 e. The molecule has 2 aromatic rings. The zero-order valence-electron chi connectivity index (χ0n) is 17.7. The molecule has 0 saturated carbocycles. The van der Waals surface area contributed by atoms with E-state index >= 15 is 0 Å². The lowest BCUT2D eigenvalue weighted by Crippen LogP contribution is -2.48. The normalized spacial score (nSPS) is 11.6. The summed E-state index contributed by atoms with van der Waals surface area (Å²) in [5.74, 6) is 1.38. The van der Waals surface area contributed by atoms with Gasteiger partial charge in [0.15, 0.2) is 0 Å². The molecule has 0 heterocycles. The number of methoxy groups -OCH3 is 1. The Morgan fingerprint density at radius 3 is 2.67 bits per heavy atom. The van der Waals surface area contributed by atoms with Gasteiger partial charge in [-0.15, -0.1) is 11.8 Å². The third-order valence-corrected chi connectivity index (χ3v) is 5.98. The number of thioether (sulfide) groups is 1. The van der Waals surface area contributed by atoms with Crippen LogP contribution in [0.2, 0.25) is 5.02 Å². The molecule has 2 aromatic carbocycles. The highest BCUT2D eigenvalue weighted by molar-refractivity contribution is 7.99. The number of carbonyl (C=O) groups excluding carboxylic acids is 2. The summed E-state index contributed by atoms with van der Waals surface area (Å²) < 4.78 is 5.28. The maximum atomic E-state index is 13.1. The number of halogens is 1. The van der Waals surface area contributed by atoms with Gasteiger partial charge in [-0.2, -0.15) is 0 Å². The van der Waals surface area contributed by atoms with Gasteiger partial charge >= 0.3 is 0 Å². The van der Waals surface area contributed by atoms with Crippen LogP contribution in [0.15, 0.2) is 48.5 Å². The van der Waals surface area contributed by atoms with Crippen molar-refractivity contribution in [2.45, 2.75) is 38.6 Å². The average molecular weight is 449 g/mol. The van der Waals surface area contributed by atoms with Crippen LogP contribution in [-0.4, -0.2) is 42.2 Å². The summed E-state index contributed by atoms with van der Waals surface area (Å²) in [4.78, 5) is 27.2. The van der Waals surface area contributed by atoms with Gasteiger partial charge in [0.2, 0.25) is 11.8 Å². The Bertz CT molecular complexity index is 847. The standard InChI is InChI=1S/C23H29ClN2O3S/c1-4-12-25-23(28)17(2)26(14-18-8-7-10-20(13-18)29-3)22(27)16-30-15-19-9-5-6-11-21(19)24/h5-11,13,17H,4,12,14-16H2,1-3H3,(H,25,28)/t17-/m0/s1. The van der Waals surface area contributed by atoms with Crippen molar-refractivity contribution in [3.63, 3.8) is 0 Å². The zero-order valence-corrected chi connectivity index (χ0v) is 19.3. The van der Waals surface area contributed by atoms with Gasteiger partial charge in [0.05, 0.1) is 12.9 Å². The van der Waals surface area contributed by atoms with E-state index < -0.39 is 6.04 Å². The van der Waals surface area contributed by atoms with Gasteiger partial charge in [0.1, 0.15) is 11.8 Å². The van der Waals surface area contributed by atoms with Gasteiger partial charge in [-0.1, -0.05) is 48.9 Å². The van der Waals surface area contributed by atoms with Crippen LogP contribution in [0.1, 0.15) is 31.4 Å². The molecule has 0 aliphatic rings. The summed E-state index contributed by atoms with van der Waals surface area (Å²) in [5.41, 5.74) is 1.90. The summed E-state index contributed by atoms with van der Waals surface area (Å²) in [6.07, 6.45) is 0.843. The van der Waals surface area contributed by atoms with Crippen molar-refractivity contribution in [3.8, 4) is 5.75 Å². The molecule has 2 rings (SSSR count). The van der Waals surface area contributed by atoms with Crippen molar-refractivity contribution in [1.82, 2.24) is 10.2 Å². The molecule has 30 heavy (non-hydrogen) atoms. The zero-order chi connectivity index (χ0) is 21.9. The monoisotopic (exact) mass is 448 g/mol. The van der Waals surface area contributed by atoms with Gasteiger partial charge in [-0.25, -0.2) is 0 Å². The SMILES string of the molecule is CCCNC(=O)[C@H](C)N(Cc1cccc(OC)c1)C(=O)CSCc1ccccc1Cl. The Morgan fingerprint density at radius 2 is 1.97 bits per heavy atom. The van der Waals surface area contributed by atoms with E-state index in [1.165, 1.54) is 11.8 Å². The number of hydrogen-bond donors (Lipinski definition) is 1. The third-order valence-electron chi connectivity index (χ3n) is 4.64. The minimum absolute atomic E-state index is 0.0889. The van der Waals surface area contributed by atoms with E-state index in [2.05, 4.69) is 5.32 Å². The Hall–Kier alpha value is -2.18. The van der Waals surface area contributed by atoms with Crippen molar-refractivity contribution in [2.24, 2.45) is 0 Å². The van der Waals surface area contributed by atoms with Crippen molar-refractivity contribution >= 4 is 35.2 Å². The number of hydrogen-bond acceptors (Lipinski definition) is 4. The van der Waals surface area contributed by atoms with E-state index in [9.17, 15) is 9.59 Å². The van der Waals surface area contributed by atoms with Gasteiger partial charge in [-0.3, -0.25) is 9.59 Å². The van der Waals surface area contributed by atoms with Crippen LogP contribution in [0.3, 0.4) is 0 Å². The molecular weight excluding hydrogens is 420 g/mol. The fourth-order valence-corrected chi connectivity index (χ4v) is 4.09. The predicted octanol–water partition coefficient (Wildman–Crippen LogP) is 4.53. The molecule has 162 valence electrons. The van der Waals surface area contributed by atoms with E-state index in [1.54, 1.807) is 18.9 Å². The number of nitrogens with one attached hydrogen (secondary N) is 1. The Morgan fingerprint density at radius 1 is 1.20 bits per heavy atom. The van der Waals surface area contributed by atoms with Gasteiger partial charge in [0.25, 0.3) is 0 Å². The molecule has 7 heteroatoms. The number of carbonyl (C=O) groups is 2. The first-order chi connectivity index (χ1) is 14.5. The molecule has 0 spiro atoms. The molecule has 0 bridgehead atoms. The summed E-state index contributed by atoms with van der Waals surface area (Å²) in [6, 6.07) is 14.6. The largest absolute Gasteiger partial charge is 0.497 e. The molecule has 5 nitrogen and oxygen atoms in total. The molecular formula is C23H29ClN2O3S. The van der Waals surface area contributed by atoms with Crippen molar-refractivity contribution in [3.05, 3.63) is 64.7 Å². The highest BCUT2D eigenvalue weighted by Gasteiger charge is 2.26. The average Bonchev–Trinajstić information content (AvgIpc) is 2.76. The van der Waals surface area contributed by atoms with Crippen LogP contribution in [0.5, 0.6) is 5.75 Å². The molecule has 0 aliphatic carbocycles. The summed E-state index contributed by atoms with van der Waals surface area (Å²) in [7, 11) is 1.61. The topological polar surface area (TPSA) is 58.6 Å². The van der Waals surface area contributed by atoms with Crippen LogP contribution in [0.4, 0.5) is 0 Å². The van der Waals surface area contributed by atoms with E-state index in [1.807, 2.05) is 55.5 Å². The molecule has 0 aliphatic heterocycles. The summed E-state index contributed by atoms with van der Waals surface area (Å²) in [5, 5.41) is 3.58. The number of nitrogens with zero attached hydrogens (tertiary/aromatic N) is 1. The third kappa shape index (κ3) is 7.26. The van der Waals surface area contributed by atoms with Crippen molar-refractivity contribution < 1.29 is 14.3 Å². The second-order valence-corrected chi connectivity index (χ2v) is 8.32. The fourth-order valence-electron chi connectivity index (χ4n) is 2.89. The molecule has 1 N–H and O–H groups in total. The number of benzene rings is 2. The molecule has 1 atom stereocenters. The quantitative estimate of drug-likeness (QED) is 0.548. The second-order valence-electron chi connectivity index (χ2n) is 6.92. The first-order valence-corrected chi connectivity index (χ1v) is 11.5. The van der Waals surface area contributed by atoms with E-state index in [0.29, 0.717) is 23.9 Å². The van der Waals surface area contributed by atoms with E-state index in [4.69, 9.17) is 16.3 Å². The number of ether oxygens (including phenoxy) is 1. The van der Waals surface area contributed by atoms with Crippen LogP contribution in [-0.2, 0) is 21.9 Å². The Kier molecular flexibility index (Phi) is 10.0. The van der Waals surface area contributed by atoms with Gasteiger partial charge in [0, 0.05) is 23.9 Å². The lowest BCUT2D eigenvalue weighted by molar-refractivity contribution is -0.138. The molecule has 2 amide bonds. The molecule has 0 radical (unpaired) electrons. The maximum Gasteiger partial charge on any atom is 0.242 e. The fraction of sp³-hybridized carbons (Fsp3) is 0.391. The van der Waals surface area contributed by atoms with Crippen molar-refractivity contribution in [2.75, 3.05) is 19.4 Å². The smallest absolute Gasteiger partial charge is 0.242 e. The van der Waals surface area contributed by atoms with Gasteiger partial charge in [-0.05, 0) is 42.7 Å². The van der Waals surface area contributed by atoms with Crippen LogP contribution in [0, 0.1) is 0 Å². The molecule has 0 fully saturated rings. The first-order valence-electron chi connectivity index (χ1n) is 9.97. The lowest BCUT2D eigenvalue weighted by atomic mass is 10.1. The first kappa shape index (κ1) is 24.1. The van der Waals surface area contributed by atoms with Gasteiger partial charge < -0.3 is 15.0 Å². The van der Waals surface area contributed by atoms with Crippen LogP contribution < -0.4 is 10.1 Å². The maximum absolute atomic E-state index is 13.1. The predicted molar refractivity (Wildman–Crippen MR) is 124 cm³/mol. The van der Waals surface area contributed by atoms with Crippen molar-refractivity contribution in [1.29, 1.82) is 0 Å². The molecule has 0 aromatic heterocycles. The molecule has 0 saturated heterocycles. The Labute approximate surface area is 188 Å². The Balaban J connectivity index is 2.09. The minimum atomic E-state index is -0.573. The molecule has 0 unspecified atom stereocenters. The lowest BCUT2D eigenvalue weighted by Gasteiger charge is -2.29. The number of rotatable bonds is 11. The number of amides is 2. The summed E-state index contributed by atoms with van der Waals surface area (Å²) >= 11 is 7.70. The van der Waals surface area contributed by atoms with E-state index in [-0.39, 0.29) is 17.6 Å². The summed E-state index contributed by atoms with van der Waals surface area (Å²) in [6.45, 7) is 4.69. The van der Waals surface area contributed by atoms with Crippen LogP contribution in [0.25, 0.3) is 0 Å².